The van der Waals surface area contributed by atoms with Gasteiger partial charge in [-0.05, 0) is 35.4 Å². The molecule has 7 heteroatoms. The monoisotopic (exact) mass is 275 g/mol. The summed E-state index contributed by atoms with van der Waals surface area (Å²) in [7, 11) is 1.59. The van der Waals surface area contributed by atoms with Crippen molar-refractivity contribution in [1.29, 1.82) is 0 Å². The smallest absolute Gasteiger partial charge is 0.185 e. The van der Waals surface area contributed by atoms with Crippen molar-refractivity contribution in [3.05, 3.63) is 18.2 Å². The fourth-order valence-corrected chi connectivity index (χ4v) is 2.46. The summed E-state index contributed by atoms with van der Waals surface area (Å²) in [5, 5.41) is 11.9. The molecule has 1 atom stereocenters. The summed E-state index contributed by atoms with van der Waals surface area (Å²) in [5.74, 6) is 1.24. The van der Waals surface area contributed by atoms with Gasteiger partial charge in [0, 0.05) is 6.61 Å². The Hall–Kier alpha value is -2.15. The largest absolute Gasteiger partial charge is 0.494 e. The average molecular weight is 275 g/mol. The lowest BCUT2D eigenvalue weighted by atomic mass is 10.1. The topological polar surface area (TPSA) is 88.1 Å². The molecule has 2 N–H and O–H groups in total. The highest BCUT2D eigenvalue weighted by Gasteiger charge is 2.21. The number of tetrazole rings is 1. The zero-order valence-corrected chi connectivity index (χ0v) is 11.3. The summed E-state index contributed by atoms with van der Waals surface area (Å²) < 4.78 is 12.7. The van der Waals surface area contributed by atoms with Gasteiger partial charge in [0.2, 0.25) is 0 Å². The molecule has 0 saturated carbocycles. The first-order chi connectivity index (χ1) is 9.79. The molecule has 0 amide bonds. The number of hydrogen-bond acceptors (Lipinski definition) is 6. The Labute approximate surface area is 116 Å². The lowest BCUT2D eigenvalue weighted by Gasteiger charge is -2.13. The Morgan fingerprint density at radius 2 is 2.40 bits per heavy atom. The van der Waals surface area contributed by atoms with Gasteiger partial charge >= 0.3 is 0 Å². The third-order valence-corrected chi connectivity index (χ3v) is 3.42. The van der Waals surface area contributed by atoms with Crippen LogP contribution in [0, 0.1) is 0 Å². The molecule has 20 heavy (non-hydrogen) atoms. The molecule has 0 aliphatic carbocycles. The van der Waals surface area contributed by atoms with Gasteiger partial charge in [-0.2, -0.15) is 0 Å². The van der Waals surface area contributed by atoms with Crippen LogP contribution in [0.15, 0.2) is 18.2 Å². The average Bonchev–Trinajstić information content (AvgIpc) is 3.10. The Morgan fingerprint density at radius 1 is 1.50 bits per heavy atom. The van der Waals surface area contributed by atoms with Crippen molar-refractivity contribution in [1.82, 2.24) is 20.2 Å². The molecular weight excluding hydrogens is 258 g/mol. The lowest BCUT2D eigenvalue weighted by molar-refractivity contribution is 0.0939. The molecule has 106 valence electrons. The van der Waals surface area contributed by atoms with Gasteiger partial charge in [-0.25, -0.2) is 4.68 Å². The minimum absolute atomic E-state index is 0.171. The van der Waals surface area contributed by atoms with Crippen molar-refractivity contribution in [3.8, 4) is 17.1 Å². The van der Waals surface area contributed by atoms with Crippen molar-refractivity contribution < 1.29 is 9.47 Å². The van der Waals surface area contributed by atoms with Crippen LogP contribution < -0.4 is 10.5 Å². The maximum Gasteiger partial charge on any atom is 0.185 e. The zero-order valence-electron chi connectivity index (χ0n) is 11.3. The van der Waals surface area contributed by atoms with E-state index in [9.17, 15) is 0 Å². The molecule has 1 aromatic heterocycles. The number of methoxy groups -OCH3 is 1. The number of nitrogens with zero attached hydrogens (tertiary/aromatic N) is 4. The molecule has 0 bridgehead atoms. The van der Waals surface area contributed by atoms with Gasteiger partial charge in [-0.1, -0.05) is 6.07 Å². The SMILES string of the molecule is COc1c(N)cccc1-c1nnnn1CC1CCCO1. The molecule has 1 fully saturated rings. The number of nitrogen functional groups attached to an aromatic ring is 1. The first kappa shape index (κ1) is 12.9. The van der Waals surface area contributed by atoms with E-state index in [-0.39, 0.29) is 6.10 Å². The first-order valence-corrected chi connectivity index (χ1v) is 6.60. The molecule has 2 heterocycles. The zero-order chi connectivity index (χ0) is 13.9. The molecule has 1 aliphatic heterocycles. The van der Waals surface area contributed by atoms with E-state index >= 15 is 0 Å². The number of rotatable bonds is 4. The fraction of sp³-hybridized carbons (Fsp3) is 0.462. The number of hydrogen-bond donors (Lipinski definition) is 1. The van der Waals surface area contributed by atoms with Crippen molar-refractivity contribution in [3.63, 3.8) is 0 Å². The van der Waals surface area contributed by atoms with Gasteiger partial charge < -0.3 is 15.2 Å². The number of anilines is 1. The van der Waals surface area contributed by atoms with Crippen LogP contribution >= 0.6 is 0 Å². The molecule has 1 saturated heterocycles. The summed E-state index contributed by atoms with van der Waals surface area (Å²) in [5.41, 5.74) is 7.28. The van der Waals surface area contributed by atoms with E-state index in [1.807, 2.05) is 12.1 Å². The molecule has 0 radical (unpaired) electrons. The number of para-hydroxylation sites is 1. The quantitative estimate of drug-likeness (QED) is 0.841. The van der Waals surface area contributed by atoms with Crippen LogP contribution in [0.5, 0.6) is 5.75 Å². The highest BCUT2D eigenvalue weighted by molar-refractivity contribution is 5.73. The maximum absolute atomic E-state index is 5.92. The van der Waals surface area contributed by atoms with E-state index in [1.165, 1.54) is 0 Å². The number of nitrogens with two attached hydrogens (primary N) is 1. The molecule has 1 aliphatic rings. The predicted octanol–water partition coefficient (Wildman–Crippen LogP) is 1.11. The van der Waals surface area contributed by atoms with Crippen molar-refractivity contribution in [2.75, 3.05) is 19.5 Å². The van der Waals surface area contributed by atoms with Gasteiger partial charge in [0.05, 0.1) is 31.0 Å². The van der Waals surface area contributed by atoms with Gasteiger partial charge in [0.25, 0.3) is 0 Å². The molecule has 0 spiro atoms. The molecule has 3 rings (SSSR count). The van der Waals surface area contributed by atoms with Crippen LogP contribution in [0.4, 0.5) is 5.69 Å². The van der Waals surface area contributed by atoms with Crippen LogP contribution in [-0.4, -0.2) is 40.0 Å². The van der Waals surface area contributed by atoms with Crippen LogP contribution in [0.2, 0.25) is 0 Å². The highest BCUT2D eigenvalue weighted by Crippen LogP contribution is 2.33. The lowest BCUT2D eigenvalue weighted by Crippen LogP contribution is -2.17. The number of aromatic nitrogens is 4. The normalized spacial score (nSPS) is 18.4. The molecule has 7 nitrogen and oxygen atoms in total. The fourth-order valence-electron chi connectivity index (χ4n) is 2.46. The number of benzene rings is 1. The Morgan fingerprint density at radius 3 is 3.15 bits per heavy atom. The third-order valence-electron chi connectivity index (χ3n) is 3.42. The predicted molar refractivity (Wildman–Crippen MR) is 73.2 cm³/mol. The van der Waals surface area contributed by atoms with Crippen LogP contribution in [-0.2, 0) is 11.3 Å². The Bertz CT molecular complexity index is 592. The van der Waals surface area contributed by atoms with Gasteiger partial charge in [0.15, 0.2) is 11.6 Å². The van der Waals surface area contributed by atoms with E-state index < -0.39 is 0 Å². The van der Waals surface area contributed by atoms with Gasteiger partial charge in [-0.15, -0.1) is 5.10 Å². The van der Waals surface area contributed by atoms with E-state index in [1.54, 1.807) is 17.9 Å². The van der Waals surface area contributed by atoms with Gasteiger partial charge in [0.1, 0.15) is 0 Å². The van der Waals surface area contributed by atoms with E-state index in [0.717, 1.165) is 25.0 Å². The van der Waals surface area contributed by atoms with E-state index in [4.69, 9.17) is 15.2 Å². The summed E-state index contributed by atoms with van der Waals surface area (Å²) in [6.07, 6.45) is 2.29. The summed E-state index contributed by atoms with van der Waals surface area (Å²) >= 11 is 0. The second-order valence-electron chi connectivity index (χ2n) is 4.75. The number of ether oxygens (including phenoxy) is 2. The Balaban J connectivity index is 1.94. The minimum Gasteiger partial charge on any atom is -0.494 e. The van der Waals surface area contributed by atoms with E-state index in [0.29, 0.717) is 23.8 Å². The first-order valence-electron chi connectivity index (χ1n) is 6.60. The molecule has 1 unspecified atom stereocenters. The summed E-state index contributed by atoms with van der Waals surface area (Å²) in [6, 6.07) is 5.54. The third kappa shape index (κ3) is 2.32. The second-order valence-corrected chi connectivity index (χ2v) is 4.75. The van der Waals surface area contributed by atoms with Crippen LogP contribution in [0.3, 0.4) is 0 Å². The maximum atomic E-state index is 5.92. The van der Waals surface area contributed by atoms with E-state index in [2.05, 4.69) is 15.5 Å². The molecule has 1 aromatic carbocycles. The second kappa shape index (κ2) is 5.46. The van der Waals surface area contributed by atoms with Crippen molar-refractivity contribution in [2.45, 2.75) is 25.5 Å². The summed E-state index contributed by atoms with van der Waals surface area (Å²) in [6.45, 7) is 1.45. The standard InChI is InChI=1S/C13H17N5O2/c1-19-12-10(5-2-6-11(12)14)13-15-16-17-18(13)8-9-4-3-7-20-9/h2,5-6,9H,3-4,7-8,14H2,1H3. The highest BCUT2D eigenvalue weighted by atomic mass is 16.5. The minimum atomic E-state index is 0.171. The summed E-state index contributed by atoms with van der Waals surface area (Å²) in [4.78, 5) is 0. The van der Waals surface area contributed by atoms with Gasteiger partial charge in [-0.3, -0.25) is 0 Å². The molecule has 2 aromatic rings. The van der Waals surface area contributed by atoms with Crippen LogP contribution in [0.1, 0.15) is 12.8 Å². The Kier molecular flexibility index (Phi) is 3.51. The van der Waals surface area contributed by atoms with Crippen LogP contribution in [0.25, 0.3) is 11.4 Å². The van der Waals surface area contributed by atoms with Crippen molar-refractivity contribution in [2.24, 2.45) is 0 Å². The molecular formula is C13H17N5O2. The van der Waals surface area contributed by atoms with Crippen molar-refractivity contribution >= 4 is 5.69 Å².